The van der Waals surface area contributed by atoms with E-state index in [1.807, 2.05) is 54.6 Å². The molecule has 2 unspecified atom stereocenters. The van der Waals surface area contributed by atoms with E-state index in [2.05, 4.69) is 0 Å². The summed E-state index contributed by atoms with van der Waals surface area (Å²) in [6.45, 7) is 2.24. The van der Waals surface area contributed by atoms with Crippen molar-refractivity contribution in [3.63, 3.8) is 0 Å². The average Bonchev–Trinajstić information content (AvgIpc) is 2.61. The minimum atomic E-state index is -1.28. The van der Waals surface area contributed by atoms with Gasteiger partial charge in [-0.2, -0.15) is 0 Å². The quantitative estimate of drug-likeness (QED) is 0.775. The molecule has 0 aliphatic carbocycles. The Hall–Kier alpha value is -2.14. The third kappa shape index (κ3) is 4.93. The van der Waals surface area contributed by atoms with Crippen LogP contribution in [0.15, 0.2) is 54.6 Å². The zero-order valence-electron chi connectivity index (χ0n) is 14.3. The van der Waals surface area contributed by atoms with Crippen LogP contribution in [0.4, 0.5) is 0 Å². The van der Waals surface area contributed by atoms with Gasteiger partial charge in [0.05, 0.1) is 7.11 Å². The predicted molar refractivity (Wildman–Crippen MR) is 97.2 cm³/mol. The maximum absolute atomic E-state index is 12.5. The van der Waals surface area contributed by atoms with Gasteiger partial charge in [-0.25, -0.2) is 0 Å². The topological polar surface area (TPSA) is 46.6 Å². The zero-order valence-corrected chi connectivity index (χ0v) is 15.1. The second-order valence-corrected chi connectivity index (χ2v) is 7.46. The fourth-order valence-corrected chi connectivity index (χ4v) is 3.57. The van der Waals surface area contributed by atoms with Crippen LogP contribution >= 0.6 is 0 Å². The first kappa shape index (κ1) is 18.2. The highest BCUT2D eigenvalue weighted by Gasteiger charge is 2.23. The van der Waals surface area contributed by atoms with E-state index in [4.69, 9.17) is 4.74 Å². The Morgan fingerprint density at radius 3 is 2.46 bits per heavy atom. The summed E-state index contributed by atoms with van der Waals surface area (Å²) in [5.41, 5.74) is 1.96. The lowest BCUT2D eigenvalue weighted by molar-refractivity contribution is -0.129. The van der Waals surface area contributed by atoms with Gasteiger partial charge in [-0.1, -0.05) is 42.5 Å². The molecule has 1 amide bonds. The number of carbonyl (C=O) groups excluding carboxylic acids is 1. The van der Waals surface area contributed by atoms with Gasteiger partial charge in [0.2, 0.25) is 5.91 Å². The molecule has 0 bridgehead atoms. The Kier molecular flexibility index (Phi) is 6.55. The van der Waals surface area contributed by atoms with Crippen LogP contribution in [-0.4, -0.2) is 34.4 Å². The van der Waals surface area contributed by atoms with Crippen molar-refractivity contribution in [2.45, 2.75) is 24.5 Å². The summed E-state index contributed by atoms with van der Waals surface area (Å²) >= 11 is 0. The van der Waals surface area contributed by atoms with E-state index < -0.39 is 16.0 Å². The molecule has 0 N–H and O–H groups in total. The van der Waals surface area contributed by atoms with Crippen LogP contribution in [0, 0.1) is 0 Å². The minimum Gasteiger partial charge on any atom is -0.497 e. The molecule has 2 aromatic rings. The van der Waals surface area contributed by atoms with Crippen molar-refractivity contribution >= 4 is 16.7 Å². The number of carbonyl (C=O) groups is 1. The van der Waals surface area contributed by atoms with Gasteiger partial charge in [0.15, 0.2) is 0 Å². The number of rotatable bonds is 7. The zero-order chi connectivity index (χ0) is 17.5. The lowest BCUT2D eigenvalue weighted by Gasteiger charge is -2.21. The molecule has 0 saturated heterocycles. The largest absolute Gasteiger partial charge is 0.497 e. The molecule has 0 aliphatic heterocycles. The number of ether oxygens (including phenoxy) is 1. The second-order valence-electron chi connectivity index (χ2n) is 5.70. The van der Waals surface area contributed by atoms with Crippen LogP contribution in [0.25, 0.3) is 0 Å². The molecule has 0 fully saturated rings. The first-order chi connectivity index (χ1) is 11.5. The monoisotopic (exact) mass is 345 g/mol. The Bertz CT molecular complexity index is 703. The predicted octanol–water partition coefficient (Wildman–Crippen LogP) is 2.99. The highest BCUT2D eigenvalue weighted by atomic mass is 32.2. The first-order valence-corrected chi connectivity index (χ1v) is 9.18. The highest BCUT2D eigenvalue weighted by molar-refractivity contribution is 7.85. The van der Waals surface area contributed by atoms with Crippen molar-refractivity contribution in [3.8, 4) is 5.75 Å². The van der Waals surface area contributed by atoms with E-state index in [1.54, 1.807) is 26.0 Å². The average molecular weight is 345 g/mol. The molecule has 0 spiro atoms. The van der Waals surface area contributed by atoms with E-state index >= 15 is 0 Å². The van der Waals surface area contributed by atoms with Gasteiger partial charge < -0.3 is 9.64 Å². The number of methoxy groups -OCH3 is 1. The molecule has 0 aliphatic rings. The maximum atomic E-state index is 12.5. The van der Waals surface area contributed by atoms with E-state index in [-0.39, 0.29) is 5.91 Å². The molecule has 0 heterocycles. The van der Waals surface area contributed by atoms with Gasteiger partial charge in [-0.15, -0.1) is 0 Å². The van der Waals surface area contributed by atoms with Crippen molar-refractivity contribution in [2.24, 2.45) is 0 Å². The molecule has 2 rings (SSSR count). The van der Waals surface area contributed by atoms with Crippen molar-refractivity contribution in [3.05, 3.63) is 65.7 Å². The lowest BCUT2D eigenvalue weighted by atomic mass is 10.2. The normalized spacial score (nSPS) is 13.1. The number of hydrogen-bond acceptors (Lipinski definition) is 3. The number of benzene rings is 2. The van der Waals surface area contributed by atoms with Crippen molar-refractivity contribution in [1.29, 1.82) is 0 Å². The van der Waals surface area contributed by atoms with E-state index in [0.29, 0.717) is 12.3 Å². The van der Waals surface area contributed by atoms with Crippen molar-refractivity contribution in [1.82, 2.24) is 4.90 Å². The summed E-state index contributed by atoms with van der Waals surface area (Å²) in [5, 5.41) is -0.551. The minimum absolute atomic E-state index is 0.111. The summed E-state index contributed by atoms with van der Waals surface area (Å²) in [6.07, 6.45) is 0. The number of nitrogens with zero attached hydrogens (tertiary/aromatic N) is 1. The fraction of sp³-hybridized carbons (Fsp3) is 0.316. The highest BCUT2D eigenvalue weighted by Crippen LogP contribution is 2.16. The van der Waals surface area contributed by atoms with Gasteiger partial charge >= 0.3 is 0 Å². The van der Waals surface area contributed by atoms with E-state index in [1.165, 1.54) is 0 Å². The first-order valence-electron chi connectivity index (χ1n) is 7.80. The maximum Gasteiger partial charge on any atom is 0.238 e. The summed E-state index contributed by atoms with van der Waals surface area (Å²) in [5.74, 6) is 0.952. The SMILES string of the molecule is COc1cccc(CS(=O)C(C)C(=O)N(C)Cc2ccccc2)c1. The molecule has 5 heteroatoms. The second kappa shape index (κ2) is 8.64. The molecule has 2 aromatic carbocycles. The Balaban J connectivity index is 1.97. The van der Waals surface area contributed by atoms with Crippen LogP contribution in [0.3, 0.4) is 0 Å². The van der Waals surface area contributed by atoms with Crippen LogP contribution in [0.5, 0.6) is 5.75 Å². The van der Waals surface area contributed by atoms with Gasteiger partial charge in [0.1, 0.15) is 11.0 Å². The van der Waals surface area contributed by atoms with Gasteiger partial charge in [-0.05, 0) is 30.2 Å². The van der Waals surface area contributed by atoms with Crippen LogP contribution in [0.1, 0.15) is 18.1 Å². The van der Waals surface area contributed by atoms with Crippen molar-refractivity contribution in [2.75, 3.05) is 14.2 Å². The smallest absolute Gasteiger partial charge is 0.238 e. The summed E-state index contributed by atoms with van der Waals surface area (Å²) in [4.78, 5) is 14.1. The third-order valence-electron chi connectivity index (χ3n) is 3.82. The molecular weight excluding hydrogens is 322 g/mol. The third-order valence-corrected chi connectivity index (χ3v) is 5.43. The fourth-order valence-electron chi connectivity index (χ4n) is 2.41. The van der Waals surface area contributed by atoms with Gasteiger partial charge in [0, 0.05) is 30.1 Å². The van der Waals surface area contributed by atoms with Crippen molar-refractivity contribution < 1.29 is 13.7 Å². The molecule has 4 nitrogen and oxygen atoms in total. The molecule has 0 radical (unpaired) electrons. The van der Waals surface area contributed by atoms with Crippen LogP contribution < -0.4 is 4.74 Å². The van der Waals surface area contributed by atoms with Gasteiger partial charge in [0.25, 0.3) is 0 Å². The van der Waals surface area contributed by atoms with Crippen LogP contribution in [0.2, 0.25) is 0 Å². The Morgan fingerprint density at radius 1 is 1.12 bits per heavy atom. The molecular formula is C19H23NO3S. The Labute approximate surface area is 145 Å². The molecule has 0 saturated carbocycles. The Morgan fingerprint density at radius 2 is 1.79 bits per heavy atom. The van der Waals surface area contributed by atoms with E-state index in [9.17, 15) is 9.00 Å². The van der Waals surface area contributed by atoms with E-state index in [0.717, 1.165) is 16.9 Å². The molecule has 2 atom stereocenters. The number of hydrogen-bond donors (Lipinski definition) is 0. The molecule has 0 aromatic heterocycles. The molecule has 24 heavy (non-hydrogen) atoms. The van der Waals surface area contributed by atoms with Crippen LogP contribution in [-0.2, 0) is 27.9 Å². The summed E-state index contributed by atoms with van der Waals surface area (Å²) < 4.78 is 17.7. The standard InChI is InChI=1S/C19H23NO3S/c1-15(19(21)20(2)13-16-8-5-4-6-9-16)24(22)14-17-10-7-11-18(12-17)23-3/h4-12,15H,13-14H2,1-3H3. The van der Waals surface area contributed by atoms with Gasteiger partial charge in [-0.3, -0.25) is 9.00 Å². The summed E-state index contributed by atoms with van der Waals surface area (Å²) in [6, 6.07) is 17.2. The molecule has 128 valence electrons. The summed E-state index contributed by atoms with van der Waals surface area (Å²) in [7, 11) is 2.06. The lowest BCUT2D eigenvalue weighted by Crippen LogP contribution is -2.37. The number of amides is 1.